The predicted octanol–water partition coefficient (Wildman–Crippen LogP) is 4.60. The van der Waals surface area contributed by atoms with E-state index < -0.39 is 0 Å². The van der Waals surface area contributed by atoms with Crippen molar-refractivity contribution in [3.63, 3.8) is 0 Å². The summed E-state index contributed by atoms with van der Waals surface area (Å²) in [6.07, 6.45) is 2.58. The van der Waals surface area contributed by atoms with Gasteiger partial charge in [-0.3, -0.25) is 0 Å². The fourth-order valence-electron chi connectivity index (χ4n) is 1.96. The van der Waals surface area contributed by atoms with Crippen LogP contribution in [0.3, 0.4) is 0 Å². The van der Waals surface area contributed by atoms with Crippen molar-refractivity contribution in [3.8, 4) is 0 Å². The van der Waals surface area contributed by atoms with Crippen molar-refractivity contribution in [3.05, 3.63) is 20.3 Å². The van der Waals surface area contributed by atoms with Crippen LogP contribution >= 0.6 is 46.3 Å². The maximum Gasteiger partial charge on any atom is 0.0991 e. The van der Waals surface area contributed by atoms with Crippen LogP contribution in [0.1, 0.15) is 31.4 Å². The van der Waals surface area contributed by atoms with Crippen LogP contribution in [0.25, 0.3) is 0 Å². The molecule has 2 rings (SSSR count). The largest absolute Gasteiger partial charge is 0.307 e. The molecule has 1 aliphatic heterocycles. The summed E-state index contributed by atoms with van der Waals surface area (Å²) in [6, 6.07) is 2.88. The van der Waals surface area contributed by atoms with Gasteiger partial charge in [-0.25, -0.2) is 0 Å². The molecular formula is C11H15Cl2NS2. The first-order valence-electron chi connectivity index (χ1n) is 5.45. The minimum atomic E-state index is 0.292. The normalized spacial score (nSPS) is 23.3. The monoisotopic (exact) mass is 295 g/mol. The minimum absolute atomic E-state index is 0.292. The number of rotatable bonds is 3. The molecule has 2 atom stereocenters. The lowest BCUT2D eigenvalue weighted by atomic mass is 10.1. The van der Waals surface area contributed by atoms with E-state index >= 15 is 0 Å². The molecule has 0 aromatic carbocycles. The molecule has 1 fully saturated rings. The van der Waals surface area contributed by atoms with Crippen LogP contribution in [0.5, 0.6) is 0 Å². The van der Waals surface area contributed by atoms with Gasteiger partial charge in [0.2, 0.25) is 0 Å². The highest BCUT2D eigenvalue weighted by Crippen LogP contribution is 2.35. The lowest BCUT2D eigenvalue weighted by Gasteiger charge is -2.26. The van der Waals surface area contributed by atoms with Crippen molar-refractivity contribution in [1.82, 2.24) is 5.32 Å². The van der Waals surface area contributed by atoms with Gasteiger partial charge in [0.25, 0.3) is 0 Å². The second kappa shape index (κ2) is 5.96. The third-order valence-electron chi connectivity index (χ3n) is 2.80. The number of thiophene rings is 1. The number of nitrogens with one attached hydrogen (secondary N) is 1. The molecule has 1 nitrogen and oxygen atoms in total. The molecule has 0 radical (unpaired) electrons. The number of thioether (sulfide) groups is 1. The number of hydrogen-bond donors (Lipinski definition) is 1. The average Bonchev–Trinajstić information content (AvgIpc) is 2.59. The van der Waals surface area contributed by atoms with Crippen LogP contribution in [0.2, 0.25) is 8.67 Å². The van der Waals surface area contributed by atoms with Crippen LogP contribution in [0.15, 0.2) is 6.07 Å². The zero-order valence-corrected chi connectivity index (χ0v) is 12.3. The minimum Gasteiger partial charge on any atom is -0.307 e. The Bertz CT molecular complexity index is 348. The van der Waals surface area contributed by atoms with Crippen molar-refractivity contribution in [2.45, 2.75) is 31.8 Å². The number of hydrogen-bond acceptors (Lipinski definition) is 3. The molecule has 2 unspecified atom stereocenters. The first-order valence-corrected chi connectivity index (χ1v) is 8.18. The molecule has 90 valence electrons. The smallest absolute Gasteiger partial charge is 0.0991 e. The molecule has 0 amide bonds. The highest BCUT2D eigenvalue weighted by Gasteiger charge is 2.19. The van der Waals surface area contributed by atoms with E-state index in [0.717, 1.165) is 14.2 Å². The van der Waals surface area contributed by atoms with E-state index in [1.54, 1.807) is 0 Å². The SMILES string of the molecule is CC(NC1CCCSC1)c1cc(Cl)sc1Cl. The van der Waals surface area contributed by atoms with Gasteiger partial charge in [-0.2, -0.15) is 11.8 Å². The van der Waals surface area contributed by atoms with E-state index in [2.05, 4.69) is 12.2 Å². The summed E-state index contributed by atoms with van der Waals surface area (Å²) in [4.78, 5) is 0. The summed E-state index contributed by atoms with van der Waals surface area (Å²) in [5.74, 6) is 2.51. The lowest BCUT2D eigenvalue weighted by molar-refractivity contribution is 0.453. The quantitative estimate of drug-likeness (QED) is 0.874. The van der Waals surface area contributed by atoms with Crippen LogP contribution in [-0.2, 0) is 0 Å². The molecular weight excluding hydrogens is 281 g/mol. The molecule has 1 aromatic heterocycles. The van der Waals surface area contributed by atoms with Crippen LogP contribution in [-0.4, -0.2) is 17.5 Å². The van der Waals surface area contributed by atoms with Gasteiger partial charge in [-0.1, -0.05) is 23.2 Å². The third kappa shape index (κ3) is 3.30. The van der Waals surface area contributed by atoms with Crippen molar-refractivity contribution >= 4 is 46.3 Å². The summed E-state index contributed by atoms with van der Waals surface area (Å²) in [5, 5.41) is 3.63. The van der Waals surface area contributed by atoms with E-state index in [0.29, 0.717) is 12.1 Å². The van der Waals surface area contributed by atoms with Gasteiger partial charge in [0.05, 0.1) is 8.67 Å². The predicted molar refractivity (Wildman–Crippen MR) is 76.2 cm³/mol. The zero-order valence-electron chi connectivity index (χ0n) is 9.13. The molecule has 5 heteroatoms. The third-order valence-corrected chi connectivity index (χ3v) is 5.53. The molecule has 1 aromatic rings. The summed E-state index contributed by atoms with van der Waals surface area (Å²) < 4.78 is 1.58. The second-order valence-corrected chi connectivity index (χ2v) is 7.52. The summed E-state index contributed by atoms with van der Waals surface area (Å²) in [6.45, 7) is 2.16. The van der Waals surface area contributed by atoms with Gasteiger partial charge < -0.3 is 5.32 Å². The fourth-order valence-corrected chi connectivity index (χ4v) is 4.69. The van der Waals surface area contributed by atoms with Gasteiger partial charge in [0.1, 0.15) is 0 Å². The average molecular weight is 296 g/mol. The van der Waals surface area contributed by atoms with Gasteiger partial charge in [0, 0.05) is 17.8 Å². The molecule has 2 heterocycles. The zero-order chi connectivity index (χ0) is 11.5. The van der Waals surface area contributed by atoms with Gasteiger partial charge in [-0.15, -0.1) is 11.3 Å². The van der Waals surface area contributed by atoms with Gasteiger partial charge >= 0.3 is 0 Å². The molecule has 0 saturated carbocycles. The van der Waals surface area contributed by atoms with Crippen molar-refractivity contribution in [1.29, 1.82) is 0 Å². The molecule has 1 aliphatic rings. The lowest BCUT2D eigenvalue weighted by Crippen LogP contribution is -2.35. The van der Waals surface area contributed by atoms with Crippen molar-refractivity contribution in [2.75, 3.05) is 11.5 Å². The Labute approximate surface area is 115 Å². The molecule has 16 heavy (non-hydrogen) atoms. The summed E-state index contributed by atoms with van der Waals surface area (Å²) in [7, 11) is 0. The van der Waals surface area contributed by atoms with Crippen LogP contribution < -0.4 is 5.32 Å². The topological polar surface area (TPSA) is 12.0 Å². The first-order chi connectivity index (χ1) is 7.66. The van der Waals surface area contributed by atoms with Crippen molar-refractivity contribution < 1.29 is 0 Å². The Morgan fingerprint density at radius 2 is 2.31 bits per heavy atom. The molecule has 0 aliphatic carbocycles. The Morgan fingerprint density at radius 3 is 2.88 bits per heavy atom. The van der Waals surface area contributed by atoms with Crippen LogP contribution in [0.4, 0.5) is 0 Å². The molecule has 0 bridgehead atoms. The standard InChI is InChI=1S/C11H15Cl2NS2/c1-7(9-5-10(12)16-11(9)13)14-8-3-2-4-15-6-8/h5,7-8,14H,2-4,6H2,1H3. The number of halogens is 2. The highest BCUT2D eigenvalue weighted by molar-refractivity contribution is 7.99. The van der Waals surface area contributed by atoms with Crippen molar-refractivity contribution in [2.24, 2.45) is 0 Å². The van der Waals surface area contributed by atoms with Gasteiger partial charge in [-0.05, 0) is 37.1 Å². The van der Waals surface area contributed by atoms with E-state index in [9.17, 15) is 0 Å². The Balaban J connectivity index is 1.96. The fraction of sp³-hybridized carbons (Fsp3) is 0.636. The maximum absolute atomic E-state index is 6.15. The van der Waals surface area contributed by atoms with Crippen LogP contribution in [0, 0.1) is 0 Å². The van der Waals surface area contributed by atoms with E-state index in [-0.39, 0.29) is 0 Å². The Kier molecular flexibility index (Phi) is 4.86. The first kappa shape index (κ1) is 13.0. The summed E-state index contributed by atoms with van der Waals surface area (Å²) in [5.41, 5.74) is 1.13. The second-order valence-electron chi connectivity index (χ2n) is 4.08. The maximum atomic E-state index is 6.15. The van der Waals surface area contributed by atoms with E-state index in [4.69, 9.17) is 23.2 Å². The van der Waals surface area contributed by atoms with E-state index in [1.807, 2.05) is 17.8 Å². The molecule has 1 N–H and O–H groups in total. The van der Waals surface area contributed by atoms with Gasteiger partial charge in [0.15, 0.2) is 0 Å². The molecule has 0 spiro atoms. The van der Waals surface area contributed by atoms with E-state index in [1.165, 1.54) is 35.7 Å². The highest BCUT2D eigenvalue weighted by atomic mass is 35.5. The molecule has 1 saturated heterocycles. The Morgan fingerprint density at radius 1 is 1.50 bits per heavy atom. The Hall–Kier alpha value is 0.590. The summed E-state index contributed by atoms with van der Waals surface area (Å²) >= 11 is 15.6.